The van der Waals surface area contributed by atoms with Crippen LogP contribution in [0, 0.1) is 0 Å². The van der Waals surface area contributed by atoms with Crippen LogP contribution in [-0.4, -0.2) is 17.0 Å². The minimum absolute atomic E-state index is 1.17. The highest BCUT2D eigenvalue weighted by atomic mass is 32.1. The summed E-state index contributed by atoms with van der Waals surface area (Å²) in [5.41, 5.74) is 11.1. The molecule has 0 aliphatic heterocycles. The van der Waals surface area contributed by atoms with Gasteiger partial charge in [0, 0.05) is 58.7 Å². The van der Waals surface area contributed by atoms with Crippen LogP contribution in [0.25, 0.3) is 86.3 Å². The van der Waals surface area contributed by atoms with Crippen molar-refractivity contribution in [3.8, 4) is 22.5 Å². The van der Waals surface area contributed by atoms with E-state index in [2.05, 4.69) is 169 Å². The van der Waals surface area contributed by atoms with Gasteiger partial charge in [-0.25, -0.2) is 0 Å². The molecular weight excluding hydrogens is 575 g/mol. The quantitative estimate of drug-likeness (QED) is 0.178. The summed E-state index contributed by atoms with van der Waals surface area (Å²) in [6.07, 6.45) is 0. The van der Waals surface area contributed by atoms with E-state index in [0.29, 0.717) is 0 Å². The maximum Gasteiger partial charge on any atom is 0.141 e. The van der Waals surface area contributed by atoms with E-state index in [0.717, 1.165) is 0 Å². The number of thiophene rings is 1. The molecule has 0 atom stereocenters. The van der Waals surface area contributed by atoms with Crippen molar-refractivity contribution in [2.24, 2.45) is 0 Å². The maximum atomic E-state index is 2.47. The molecule has 46 heavy (non-hydrogen) atoms. The summed E-state index contributed by atoms with van der Waals surface area (Å²) in [7, 11) is 2.25. The second-order valence-electron chi connectivity index (χ2n) is 12.2. The molecular formula is C42H27BN2S. The summed E-state index contributed by atoms with van der Waals surface area (Å²) < 4.78 is 7.62. The molecule has 0 saturated carbocycles. The molecule has 10 aromatic rings. The van der Waals surface area contributed by atoms with E-state index in [1.54, 1.807) is 0 Å². The zero-order chi connectivity index (χ0) is 30.4. The van der Waals surface area contributed by atoms with E-state index in [1.807, 2.05) is 11.3 Å². The lowest BCUT2D eigenvalue weighted by Gasteiger charge is -2.13. The van der Waals surface area contributed by atoms with Crippen LogP contribution in [0.3, 0.4) is 0 Å². The zero-order valence-electron chi connectivity index (χ0n) is 25.2. The van der Waals surface area contributed by atoms with Crippen LogP contribution in [0.2, 0.25) is 0 Å². The Morgan fingerprint density at radius 3 is 1.91 bits per heavy atom. The van der Waals surface area contributed by atoms with Crippen LogP contribution < -0.4 is 5.46 Å². The van der Waals surface area contributed by atoms with Gasteiger partial charge in [-0.3, -0.25) is 0 Å². The van der Waals surface area contributed by atoms with Gasteiger partial charge in [-0.2, -0.15) is 0 Å². The first kappa shape index (κ1) is 25.7. The summed E-state index contributed by atoms with van der Waals surface area (Å²) in [6, 6.07) is 55.6. The fraction of sp³-hybridized carbons (Fsp3) is 0. The summed E-state index contributed by atoms with van der Waals surface area (Å²) in [6.45, 7) is 0. The van der Waals surface area contributed by atoms with E-state index in [9.17, 15) is 0 Å². The molecule has 214 valence electrons. The van der Waals surface area contributed by atoms with Gasteiger partial charge >= 0.3 is 0 Å². The average Bonchev–Trinajstić information content (AvgIpc) is 3.77. The molecule has 4 heteroatoms. The monoisotopic (exact) mass is 602 g/mol. The highest BCUT2D eigenvalue weighted by molar-refractivity contribution is 7.26. The second-order valence-corrected chi connectivity index (χ2v) is 13.2. The number of hydrogen-bond acceptors (Lipinski definition) is 1. The minimum Gasteiger partial charge on any atom is -0.309 e. The summed E-state index contributed by atoms with van der Waals surface area (Å²) in [4.78, 5) is 0. The van der Waals surface area contributed by atoms with Crippen LogP contribution in [0.1, 0.15) is 0 Å². The molecule has 0 unspecified atom stereocenters. The third kappa shape index (κ3) is 3.53. The van der Waals surface area contributed by atoms with Crippen molar-refractivity contribution in [3.63, 3.8) is 0 Å². The number of benzene rings is 7. The molecule has 0 N–H and O–H groups in total. The van der Waals surface area contributed by atoms with Crippen molar-refractivity contribution in [1.29, 1.82) is 0 Å². The number of nitrogens with zero attached hydrogens (tertiary/aromatic N) is 2. The molecule has 0 aliphatic rings. The van der Waals surface area contributed by atoms with Crippen molar-refractivity contribution >= 4 is 88.4 Å². The van der Waals surface area contributed by atoms with Gasteiger partial charge in [0.2, 0.25) is 0 Å². The zero-order valence-corrected chi connectivity index (χ0v) is 26.1. The normalized spacial score (nSPS) is 12.0. The van der Waals surface area contributed by atoms with Gasteiger partial charge in [0.15, 0.2) is 0 Å². The molecule has 0 fully saturated rings. The lowest BCUT2D eigenvalue weighted by atomic mass is 9.93. The van der Waals surface area contributed by atoms with Crippen LogP contribution in [0.15, 0.2) is 152 Å². The lowest BCUT2D eigenvalue weighted by molar-refractivity contribution is 1.18. The molecule has 0 radical (unpaired) electrons. The molecule has 0 saturated heterocycles. The summed E-state index contributed by atoms with van der Waals surface area (Å²) >= 11 is 1.89. The Labute approximate surface area is 270 Å². The molecule has 10 rings (SSSR count). The van der Waals surface area contributed by atoms with Gasteiger partial charge in [-0.1, -0.05) is 109 Å². The van der Waals surface area contributed by atoms with Gasteiger partial charge < -0.3 is 9.13 Å². The molecule has 3 heterocycles. The highest BCUT2D eigenvalue weighted by Gasteiger charge is 2.21. The van der Waals surface area contributed by atoms with Crippen LogP contribution in [0.5, 0.6) is 0 Å². The van der Waals surface area contributed by atoms with E-state index < -0.39 is 0 Å². The number of hydrogen-bond donors (Lipinski definition) is 0. The summed E-state index contributed by atoms with van der Waals surface area (Å²) in [5.74, 6) is 0. The number of para-hydroxylation sites is 4. The van der Waals surface area contributed by atoms with Gasteiger partial charge in [0.1, 0.15) is 7.85 Å². The van der Waals surface area contributed by atoms with Gasteiger partial charge in [-0.15, -0.1) is 11.3 Å². The fourth-order valence-corrected chi connectivity index (χ4v) is 8.86. The van der Waals surface area contributed by atoms with Gasteiger partial charge in [0.25, 0.3) is 0 Å². The van der Waals surface area contributed by atoms with E-state index >= 15 is 0 Å². The molecule has 0 aliphatic carbocycles. The fourth-order valence-electron chi connectivity index (χ4n) is 7.71. The maximum absolute atomic E-state index is 2.47. The van der Waals surface area contributed by atoms with Gasteiger partial charge in [0.05, 0.1) is 22.1 Å². The first-order valence-corrected chi connectivity index (χ1v) is 16.6. The SMILES string of the molecule is Bc1cc(-n2c3ccccc3c3c(-c4cccc5c6ccccc6n(-c6ccccc6)c45)cccc32)cc2c1sc1ccccc12. The third-order valence-electron chi connectivity index (χ3n) is 9.60. The first-order chi connectivity index (χ1) is 22.8. The molecule has 0 bridgehead atoms. The van der Waals surface area contributed by atoms with Crippen molar-refractivity contribution < 1.29 is 0 Å². The molecule has 2 nitrogen and oxygen atoms in total. The lowest BCUT2D eigenvalue weighted by Crippen LogP contribution is -2.05. The predicted octanol–water partition coefficient (Wildman–Crippen LogP) is 10.2. The van der Waals surface area contributed by atoms with Gasteiger partial charge in [-0.05, 0) is 54.1 Å². The Morgan fingerprint density at radius 1 is 0.435 bits per heavy atom. The third-order valence-corrected chi connectivity index (χ3v) is 10.9. The Bertz CT molecular complexity index is 2820. The van der Waals surface area contributed by atoms with Crippen molar-refractivity contribution in [2.75, 3.05) is 0 Å². The van der Waals surface area contributed by atoms with Crippen LogP contribution in [0.4, 0.5) is 0 Å². The largest absolute Gasteiger partial charge is 0.309 e. The van der Waals surface area contributed by atoms with Crippen molar-refractivity contribution in [1.82, 2.24) is 9.13 Å². The minimum atomic E-state index is 1.17. The first-order valence-electron chi connectivity index (χ1n) is 15.8. The number of rotatable bonds is 3. The molecule has 3 aromatic heterocycles. The van der Waals surface area contributed by atoms with Crippen molar-refractivity contribution in [3.05, 3.63) is 152 Å². The highest BCUT2D eigenvalue weighted by Crippen LogP contribution is 2.44. The smallest absolute Gasteiger partial charge is 0.141 e. The Balaban J connectivity index is 1.32. The van der Waals surface area contributed by atoms with E-state index in [1.165, 1.54) is 91.7 Å². The summed E-state index contributed by atoms with van der Waals surface area (Å²) in [5, 5.41) is 7.74. The van der Waals surface area contributed by atoms with Crippen LogP contribution >= 0.6 is 11.3 Å². The standard InChI is InChI=1S/C42H27BN2S/c43-35-25-27(24-34-29-15-6-9-23-39(29)46-42(34)35)44-37-21-8-5-16-33(37)40-30(17-11-22-38(40)44)32-19-10-18-31-28-14-4-7-20-36(28)45(41(31)32)26-12-2-1-3-13-26/h1-25H,43H2. The van der Waals surface area contributed by atoms with E-state index in [-0.39, 0.29) is 0 Å². The average molecular weight is 603 g/mol. The molecule has 0 amide bonds. The predicted molar refractivity (Wildman–Crippen MR) is 202 cm³/mol. The Hall–Kier alpha value is -5.58. The number of aromatic nitrogens is 2. The second kappa shape index (κ2) is 9.71. The van der Waals surface area contributed by atoms with Crippen LogP contribution in [-0.2, 0) is 0 Å². The number of fused-ring (bicyclic) bond motifs is 9. The van der Waals surface area contributed by atoms with E-state index in [4.69, 9.17) is 0 Å². The van der Waals surface area contributed by atoms with Crippen molar-refractivity contribution in [2.45, 2.75) is 0 Å². The topological polar surface area (TPSA) is 9.86 Å². The molecule has 7 aromatic carbocycles. The Morgan fingerprint density at radius 2 is 1.07 bits per heavy atom. The Kier molecular flexibility index (Phi) is 5.43. The molecule has 0 spiro atoms.